The van der Waals surface area contributed by atoms with Crippen molar-refractivity contribution in [3.05, 3.63) is 45.7 Å². The van der Waals surface area contributed by atoms with Gasteiger partial charge in [0, 0.05) is 25.0 Å². The zero-order valence-corrected chi connectivity index (χ0v) is 12.8. The second kappa shape index (κ2) is 5.93. The summed E-state index contributed by atoms with van der Waals surface area (Å²) in [7, 11) is 0. The molecule has 1 fully saturated rings. The summed E-state index contributed by atoms with van der Waals surface area (Å²) in [4.78, 5) is 16.8. The molecule has 0 amide bonds. The SMILES string of the molecule is CCCNc1ccc(Cl)c(Cn2ccn(C3CC3)c2=O)n1. The first kappa shape index (κ1) is 14.2. The summed E-state index contributed by atoms with van der Waals surface area (Å²) >= 11 is 6.20. The van der Waals surface area contributed by atoms with Gasteiger partial charge in [0.2, 0.25) is 0 Å². The molecule has 0 aliphatic heterocycles. The maximum atomic E-state index is 12.3. The fraction of sp³-hybridized carbons (Fsp3) is 0.467. The Kier molecular flexibility index (Phi) is 4.01. The average Bonchev–Trinajstić information content (AvgIpc) is 3.26. The molecule has 2 heterocycles. The lowest BCUT2D eigenvalue weighted by Crippen LogP contribution is -2.24. The van der Waals surface area contributed by atoms with E-state index in [-0.39, 0.29) is 5.69 Å². The van der Waals surface area contributed by atoms with Gasteiger partial charge in [-0.1, -0.05) is 18.5 Å². The smallest absolute Gasteiger partial charge is 0.328 e. The van der Waals surface area contributed by atoms with Crippen molar-refractivity contribution in [2.45, 2.75) is 38.8 Å². The van der Waals surface area contributed by atoms with E-state index in [2.05, 4.69) is 17.2 Å². The molecule has 1 saturated carbocycles. The van der Waals surface area contributed by atoms with Gasteiger partial charge in [-0.15, -0.1) is 0 Å². The molecule has 21 heavy (non-hydrogen) atoms. The van der Waals surface area contributed by atoms with E-state index in [0.29, 0.717) is 23.3 Å². The highest BCUT2D eigenvalue weighted by Gasteiger charge is 2.25. The van der Waals surface area contributed by atoms with Crippen LogP contribution in [0.5, 0.6) is 0 Å². The highest BCUT2D eigenvalue weighted by molar-refractivity contribution is 6.31. The van der Waals surface area contributed by atoms with E-state index < -0.39 is 0 Å². The molecule has 1 aliphatic rings. The largest absolute Gasteiger partial charge is 0.370 e. The van der Waals surface area contributed by atoms with Gasteiger partial charge in [0.25, 0.3) is 0 Å². The molecule has 0 bridgehead atoms. The van der Waals surface area contributed by atoms with Crippen LogP contribution in [0.15, 0.2) is 29.3 Å². The summed E-state index contributed by atoms with van der Waals surface area (Å²) < 4.78 is 3.46. The normalized spacial score (nSPS) is 14.4. The van der Waals surface area contributed by atoms with E-state index in [4.69, 9.17) is 11.6 Å². The molecule has 5 nitrogen and oxygen atoms in total. The summed E-state index contributed by atoms with van der Waals surface area (Å²) in [5, 5.41) is 3.82. The van der Waals surface area contributed by atoms with Gasteiger partial charge in [-0.25, -0.2) is 9.78 Å². The number of hydrogen-bond donors (Lipinski definition) is 1. The predicted octanol–water partition coefficient (Wildman–Crippen LogP) is 2.90. The molecule has 2 aromatic heterocycles. The van der Waals surface area contributed by atoms with Crippen molar-refractivity contribution in [3.8, 4) is 0 Å². The van der Waals surface area contributed by atoms with Crippen molar-refractivity contribution in [2.24, 2.45) is 0 Å². The first-order valence-corrected chi connectivity index (χ1v) is 7.73. The van der Waals surface area contributed by atoms with E-state index in [1.165, 1.54) is 0 Å². The van der Waals surface area contributed by atoms with E-state index in [9.17, 15) is 4.79 Å². The van der Waals surface area contributed by atoms with Crippen LogP contribution >= 0.6 is 11.6 Å². The zero-order chi connectivity index (χ0) is 14.8. The number of nitrogens with zero attached hydrogens (tertiary/aromatic N) is 3. The number of imidazole rings is 1. The Morgan fingerprint density at radius 1 is 1.38 bits per heavy atom. The highest BCUT2D eigenvalue weighted by atomic mass is 35.5. The molecule has 0 aromatic carbocycles. The molecule has 112 valence electrons. The first-order valence-electron chi connectivity index (χ1n) is 7.35. The molecule has 0 unspecified atom stereocenters. The van der Waals surface area contributed by atoms with Gasteiger partial charge < -0.3 is 5.32 Å². The van der Waals surface area contributed by atoms with Gasteiger partial charge in [0.15, 0.2) is 0 Å². The molecule has 0 radical (unpaired) electrons. The van der Waals surface area contributed by atoms with Crippen LogP contribution in [-0.2, 0) is 6.54 Å². The maximum Gasteiger partial charge on any atom is 0.328 e. The van der Waals surface area contributed by atoms with Crippen LogP contribution in [0.1, 0.15) is 37.9 Å². The molecule has 0 saturated heterocycles. The third-order valence-corrected chi connectivity index (χ3v) is 3.95. The van der Waals surface area contributed by atoms with Crippen molar-refractivity contribution in [2.75, 3.05) is 11.9 Å². The summed E-state index contributed by atoms with van der Waals surface area (Å²) in [5.41, 5.74) is 0.732. The van der Waals surface area contributed by atoms with Crippen molar-refractivity contribution in [1.29, 1.82) is 0 Å². The summed E-state index contributed by atoms with van der Waals surface area (Å²) in [5.74, 6) is 0.797. The lowest BCUT2D eigenvalue weighted by atomic mass is 10.3. The highest BCUT2D eigenvalue weighted by Crippen LogP contribution is 2.33. The van der Waals surface area contributed by atoms with E-state index >= 15 is 0 Å². The number of nitrogens with one attached hydrogen (secondary N) is 1. The van der Waals surface area contributed by atoms with Gasteiger partial charge in [-0.3, -0.25) is 9.13 Å². The summed E-state index contributed by atoms with van der Waals surface area (Å²) in [6.07, 6.45) is 6.89. The minimum atomic E-state index is 0.0160. The first-order chi connectivity index (χ1) is 10.2. The molecule has 6 heteroatoms. The van der Waals surface area contributed by atoms with Crippen molar-refractivity contribution < 1.29 is 0 Å². The third-order valence-electron chi connectivity index (χ3n) is 3.61. The lowest BCUT2D eigenvalue weighted by Gasteiger charge is -2.08. The predicted molar refractivity (Wildman–Crippen MR) is 84.1 cm³/mol. The van der Waals surface area contributed by atoms with Crippen molar-refractivity contribution in [1.82, 2.24) is 14.1 Å². The monoisotopic (exact) mass is 306 g/mol. The van der Waals surface area contributed by atoms with E-state index in [1.54, 1.807) is 9.13 Å². The quantitative estimate of drug-likeness (QED) is 0.893. The minimum absolute atomic E-state index is 0.0160. The Labute approximate surface area is 128 Å². The maximum absolute atomic E-state index is 12.3. The fourth-order valence-corrected chi connectivity index (χ4v) is 2.45. The second-order valence-corrected chi connectivity index (χ2v) is 5.81. The van der Waals surface area contributed by atoms with E-state index in [0.717, 1.165) is 31.6 Å². The minimum Gasteiger partial charge on any atom is -0.370 e. The Morgan fingerprint density at radius 2 is 2.19 bits per heavy atom. The molecule has 2 aromatic rings. The second-order valence-electron chi connectivity index (χ2n) is 5.40. The molecule has 1 N–H and O–H groups in total. The van der Waals surface area contributed by atoms with Crippen LogP contribution < -0.4 is 11.0 Å². The third kappa shape index (κ3) is 3.13. The zero-order valence-electron chi connectivity index (χ0n) is 12.1. The number of rotatable bonds is 6. The number of hydrogen-bond acceptors (Lipinski definition) is 3. The molecule has 0 atom stereocenters. The van der Waals surface area contributed by atoms with Crippen LogP contribution in [0, 0.1) is 0 Å². The average molecular weight is 307 g/mol. The van der Waals surface area contributed by atoms with Crippen LogP contribution in [0.2, 0.25) is 5.02 Å². The fourth-order valence-electron chi connectivity index (χ4n) is 2.29. The van der Waals surface area contributed by atoms with Gasteiger partial charge in [-0.2, -0.15) is 0 Å². The number of pyridine rings is 1. The van der Waals surface area contributed by atoms with Gasteiger partial charge >= 0.3 is 5.69 Å². The Balaban J connectivity index is 1.81. The molecular weight excluding hydrogens is 288 g/mol. The molecular formula is C15H19ClN4O. The Morgan fingerprint density at radius 3 is 2.90 bits per heavy atom. The Bertz CT molecular complexity index is 687. The van der Waals surface area contributed by atoms with Crippen molar-refractivity contribution in [3.63, 3.8) is 0 Å². The number of aromatic nitrogens is 3. The van der Waals surface area contributed by atoms with Crippen LogP contribution in [0.3, 0.4) is 0 Å². The van der Waals surface area contributed by atoms with Gasteiger partial charge in [0.05, 0.1) is 17.3 Å². The number of anilines is 1. The summed E-state index contributed by atoms with van der Waals surface area (Å²) in [6.45, 7) is 3.37. The molecule has 0 spiro atoms. The van der Waals surface area contributed by atoms with Crippen molar-refractivity contribution >= 4 is 17.4 Å². The van der Waals surface area contributed by atoms with Crippen LogP contribution in [0.4, 0.5) is 5.82 Å². The summed E-state index contributed by atoms with van der Waals surface area (Å²) in [6, 6.07) is 4.07. The topological polar surface area (TPSA) is 51.9 Å². The molecule has 1 aliphatic carbocycles. The van der Waals surface area contributed by atoms with Crippen LogP contribution in [0.25, 0.3) is 0 Å². The van der Waals surface area contributed by atoms with Crippen LogP contribution in [-0.4, -0.2) is 20.7 Å². The van der Waals surface area contributed by atoms with E-state index in [1.807, 2.05) is 24.5 Å². The standard InChI is InChI=1S/C15H19ClN4O/c1-2-7-17-14-6-5-12(16)13(18-14)10-19-8-9-20(15(19)21)11-3-4-11/h5-6,8-9,11H,2-4,7,10H2,1H3,(H,17,18). The van der Waals surface area contributed by atoms with Gasteiger partial charge in [-0.05, 0) is 31.4 Å². The number of halogens is 1. The Hall–Kier alpha value is -1.75. The molecule has 3 rings (SSSR count). The lowest BCUT2D eigenvalue weighted by molar-refractivity contribution is 0.651. The van der Waals surface area contributed by atoms with Gasteiger partial charge in [0.1, 0.15) is 5.82 Å².